The van der Waals surface area contributed by atoms with E-state index in [-0.39, 0.29) is 0 Å². The Morgan fingerprint density at radius 3 is 2.80 bits per heavy atom. The largest absolute Gasteiger partial charge is 0.457 e. The molecule has 0 spiro atoms. The van der Waals surface area contributed by atoms with Crippen molar-refractivity contribution in [2.24, 2.45) is 0 Å². The van der Waals surface area contributed by atoms with Crippen molar-refractivity contribution in [1.82, 2.24) is 10.3 Å². The second-order valence-corrected chi connectivity index (χ2v) is 5.03. The zero-order valence-electron chi connectivity index (χ0n) is 12.4. The molecule has 1 aromatic carbocycles. The number of aromatic nitrogens is 1. The Kier molecular flexibility index (Phi) is 5.13. The first kappa shape index (κ1) is 14.5. The van der Waals surface area contributed by atoms with E-state index in [2.05, 4.69) is 49.3 Å². The minimum atomic E-state index is 0.780. The fourth-order valence-corrected chi connectivity index (χ4v) is 1.98. The van der Waals surface area contributed by atoms with Crippen molar-refractivity contribution in [2.75, 3.05) is 6.54 Å². The number of benzene rings is 1. The predicted octanol–water partition coefficient (Wildman–Crippen LogP) is 3.99. The maximum atomic E-state index is 6.07. The third-order valence-corrected chi connectivity index (χ3v) is 3.16. The van der Waals surface area contributed by atoms with Crippen molar-refractivity contribution in [1.29, 1.82) is 0 Å². The van der Waals surface area contributed by atoms with Gasteiger partial charge >= 0.3 is 0 Å². The fraction of sp³-hybridized carbons (Fsp3) is 0.353. The number of aryl methyl sites for hydroxylation is 2. The van der Waals surface area contributed by atoms with Gasteiger partial charge in [-0.2, -0.15) is 0 Å². The number of nitrogens with zero attached hydrogens (tertiary/aromatic N) is 1. The molecule has 2 rings (SSSR count). The Balaban J connectivity index is 2.18. The summed E-state index contributed by atoms with van der Waals surface area (Å²) in [5, 5.41) is 3.38. The van der Waals surface area contributed by atoms with Gasteiger partial charge in [0.05, 0.1) is 0 Å². The SMILES string of the molecule is CCCNCc1cnccc1Oc1cc(C)ccc1C. The quantitative estimate of drug-likeness (QED) is 0.806. The van der Waals surface area contributed by atoms with Gasteiger partial charge in [0, 0.05) is 24.5 Å². The van der Waals surface area contributed by atoms with E-state index >= 15 is 0 Å². The average Bonchev–Trinajstić information content (AvgIpc) is 2.45. The number of nitrogens with one attached hydrogen (secondary N) is 1. The van der Waals surface area contributed by atoms with Gasteiger partial charge in [0.2, 0.25) is 0 Å². The molecule has 0 saturated heterocycles. The summed E-state index contributed by atoms with van der Waals surface area (Å²) in [6.07, 6.45) is 4.75. The summed E-state index contributed by atoms with van der Waals surface area (Å²) < 4.78 is 6.07. The molecule has 3 heteroatoms. The van der Waals surface area contributed by atoms with Crippen LogP contribution < -0.4 is 10.1 Å². The van der Waals surface area contributed by atoms with Gasteiger partial charge in [-0.25, -0.2) is 0 Å². The molecular weight excluding hydrogens is 248 g/mol. The lowest BCUT2D eigenvalue weighted by molar-refractivity contribution is 0.467. The van der Waals surface area contributed by atoms with Crippen LogP contribution in [0.3, 0.4) is 0 Å². The number of pyridine rings is 1. The van der Waals surface area contributed by atoms with Gasteiger partial charge in [-0.3, -0.25) is 4.98 Å². The van der Waals surface area contributed by atoms with Crippen molar-refractivity contribution < 1.29 is 4.74 Å². The topological polar surface area (TPSA) is 34.2 Å². The molecule has 1 aromatic heterocycles. The smallest absolute Gasteiger partial charge is 0.135 e. The molecule has 106 valence electrons. The zero-order chi connectivity index (χ0) is 14.4. The highest BCUT2D eigenvalue weighted by Crippen LogP contribution is 2.28. The highest BCUT2D eigenvalue weighted by atomic mass is 16.5. The summed E-state index contributed by atoms with van der Waals surface area (Å²) in [6, 6.07) is 8.17. The molecule has 1 N–H and O–H groups in total. The Hall–Kier alpha value is -1.87. The maximum absolute atomic E-state index is 6.07. The third kappa shape index (κ3) is 3.81. The van der Waals surface area contributed by atoms with E-state index in [1.165, 1.54) is 5.56 Å². The molecule has 2 aromatic rings. The summed E-state index contributed by atoms with van der Waals surface area (Å²) in [5.41, 5.74) is 3.42. The second kappa shape index (κ2) is 7.06. The molecule has 0 amide bonds. The molecule has 1 heterocycles. The molecular formula is C17H22N2O. The summed E-state index contributed by atoms with van der Waals surface area (Å²) in [7, 11) is 0. The third-order valence-electron chi connectivity index (χ3n) is 3.16. The molecule has 0 unspecified atom stereocenters. The average molecular weight is 270 g/mol. The Bertz CT molecular complexity index is 567. The van der Waals surface area contributed by atoms with Gasteiger partial charge in [0.15, 0.2) is 0 Å². The van der Waals surface area contributed by atoms with Crippen LogP contribution in [0.15, 0.2) is 36.7 Å². The molecule has 0 aliphatic carbocycles. The number of hydrogen-bond donors (Lipinski definition) is 1. The van der Waals surface area contributed by atoms with Crippen LogP contribution >= 0.6 is 0 Å². The van der Waals surface area contributed by atoms with Crippen LogP contribution in [0.4, 0.5) is 0 Å². The number of rotatable bonds is 6. The Labute approximate surface area is 121 Å². The van der Waals surface area contributed by atoms with Crippen LogP contribution in [0, 0.1) is 13.8 Å². The highest BCUT2D eigenvalue weighted by molar-refractivity contribution is 5.41. The molecule has 0 saturated carbocycles. The molecule has 0 aliphatic heterocycles. The normalized spacial score (nSPS) is 10.6. The monoisotopic (exact) mass is 270 g/mol. The van der Waals surface area contributed by atoms with Gasteiger partial charge in [0.25, 0.3) is 0 Å². The lowest BCUT2D eigenvalue weighted by Gasteiger charge is -2.13. The van der Waals surface area contributed by atoms with E-state index in [1.54, 1.807) is 6.20 Å². The van der Waals surface area contributed by atoms with E-state index < -0.39 is 0 Å². The summed E-state index contributed by atoms with van der Waals surface area (Å²) in [5.74, 6) is 1.78. The molecule has 0 fully saturated rings. The Morgan fingerprint density at radius 1 is 1.15 bits per heavy atom. The molecule has 0 radical (unpaired) electrons. The van der Waals surface area contributed by atoms with Crippen molar-refractivity contribution >= 4 is 0 Å². The van der Waals surface area contributed by atoms with E-state index in [0.29, 0.717) is 0 Å². The molecule has 0 bridgehead atoms. The molecule has 3 nitrogen and oxygen atoms in total. The van der Waals surface area contributed by atoms with Crippen molar-refractivity contribution in [2.45, 2.75) is 33.7 Å². The number of hydrogen-bond acceptors (Lipinski definition) is 3. The van der Waals surface area contributed by atoms with Crippen LogP contribution in [0.2, 0.25) is 0 Å². The van der Waals surface area contributed by atoms with E-state index in [0.717, 1.165) is 42.1 Å². The van der Waals surface area contributed by atoms with E-state index in [1.807, 2.05) is 12.3 Å². The fourth-order valence-electron chi connectivity index (χ4n) is 1.98. The lowest BCUT2D eigenvalue weighted by Crippen LogP contribution is -2.14. The van der Waals surface area contributed by atoms with Crippen LogP contribution in [-0.4, -0.2) is 11.5 Å². The first-order valence-electron chi connectivity index (χ1n) is 7.09. The summed E-state index contributed by atoms with van der Waals surface area (Å²) >= 11 is 0. The predicted molar refractivity (Wildman–Crippen MR) is 82.2 cm³/mol. The van der Waals surface area contributed by atoms with Crippen molar-refractivity contribution in [3.8, 4) is 11.5 Å². The van der Waals surface area contributed by atoms with Crippen LogP contribution in [0.1, 0.15) is 30.0 Å². The standard InChI is InChI=1S/C17H22N2O/c1-4-8-18-11-15-12-19-9-7-16(15)20-17-10-13(2)5-6-14(17)3/h5-7,9-10,12,18H,4,8,11H2,1-3H3. The minimum absolute atomic E-state index is 0.780. The van der Waals surface area contributed by atoms with Gasteiger partial charge in [-0.05, 0) is 50.1 Å². The summed E-state index contributed by atoms with van der Waals surface area (Å²) in [4.78, 5) is 4.19. The van der Waals surface area contributed by atoms with E-state index in [4.69, 9.17) is 4.74 Å². The number of ether oxygens (including phenoxy) is 1. The summed E-state index contributed by atoms with van der Waals surface area (Å²) in [6.45, 7) is 8.07. The zero-order valence-corrected chi connectivity index (χ0v) is 12.4. The van der Waals surface area contributed by atoms with Gasteiger partial charge in [-0.1, -0.05) is 19.1 Å². The first-order valence-corrected chi connectivity index (χ1v) is 7.09. The van der Waals surface area contributed by atoms with Crippen LogP contribution in [-0.2, 0) is 6.54 Å². The van der Waals surface area contributed by atoms with Crippen LogP contribution in [0.25, 0.3) is 0 Å². The van der Waals surface area contributed by atoms with E-state index in [9.17, 15) is 0 Å². The highest BCUT2D eigenvalue weighted by Gasteiger charge is 2.07. The van der Waals surface area contributed by atoms with Crippen LogP contribution in [0.5, 0.6) is 11.5 Å². The Morgan fingerprint density at radius 2 is 2.00 bits per heavy atom. The minimum Gasteiger partial charge on any atom is -0.457 e. The van der Waals surface area contributed by atoms with Gasteiger partial charge < -0.3 is 10.1 Å². The van der Waals surface area contributed by atoms with Gasteiger partial charge in [-0.15, -0.1) is 0 Å². The van der Waals surface area contributed by atoms with Gasteiger partial charge in [0.1, 0.15) is 11.5 Å². The lowest BCUT2D eigenvalue weighted by atomic mass is 10.1. The second-order valence-electron chi connectivity index (χ2n) is 5.03. The van der Waals surface area contributed by atoms with Crippen molar-refractivity contribution in [3.63, 3.8) is 0 Å². The maximum Gasteiger partial charge on any atom is 0.135 e. The molecule has 0 atom stereocenters. The first-order chi connectivity index (χ1) is 9.70. The molecule has 0 aliphatic rings. The van der Waals surface area contributed by atoms with Crippen molar-refractivity contribution in [3.05, 3.63) is 53.3 Å². The molecule has 20 heavy (non-hydrogen) atoms.